The average Bonchev–Trinajstić information content (AvgIpc) is 1.88. The van der Waals surface area contributed by atoms with Gasteiger partial charge in [-0.05, 0) is 6.42 Å². The molecule has 0 aromatic carbocycles. The SMILES string of the molecule is CCCOCC#N.O=C(O)O. The smallest absolute Gasteiger partial charge is 0.450 e. The van der Waals surface area contributed by atoms with Crippen LogP contribution in [0.25, 0.3) is 0 Å². The van der Waals surface area contributed by atoms with Crippen molar-refractivity contribution in [1.82, 2.24) is 0 Å². The third kappa shape index (κ3) is 53.2. The minimum atomic E-state index is -1.83. The minimum absolute atomic E-state index is 0.230. The van der Waals surface area contributed by atoms with Gasteiger partial charge in [-0.15, -0.1) is 0 Å². The van der Waals surface area contributed by atoms with Crippen molar-refractivity contribution >= 4 is 6.16 Å². The Kier molecular flexibility index (Phi) is 13.0. The summed E-state index contributed by atoms with van der Waals surface area (Å²) in [5.41, 5.74) is 0. The van der Waals surface area contributed by atoms with Gasteiger partial charge >= 0.3 is 6.16 Å². The molecule has 64 valence electrons. The molecule has 0 rings (SSSR count). The fourth-order valence-electron chi connectivity index (χ4n) is 0.262. The van der Waals surface area contributed by atoms with E-state index in [-0.39, 0.29) is 6.61 Å². The molecule has 5 heteroatoms. The molecule has 0 bridgehead atoms. The lowest BCUT2D eigenvalue weighted by molar-refractivity contribution is 0.137. The lowest BCUT2D eigenvalue weighted by atomic mass is 10.5. The van der Waals surface area contributed by atoms with E-state index in [2.05, 4.69) is 0 Å². The van der Waals surface area contributed by atoms with Gasteiger partial charge in [-0.1, -0.05) is 6.92 Å². The molecule has 11 heavy (non-hydrogen) atoms. The summed E-state index contributed by atoms with van der Waals surface area (Å²) in [6, 6.07) is 1.88. The zero-order valence-electron chi connectivity index (χ0n) is 6.28. The van der Waals surface area contributed by atoms with E-state index in [1.807, 2.05) is 13.0 Å². The number of hydrogen-bond acceptors (Lipinski definition) is 3. The van der Waals surface area contributed by atoms with Crippen LogP contribution in [0.3, 0.4) is 0 Å². The summed E-state index contributed by atoms with van der Waals surface area (Å²) in [7, 11) is 0. The number of rotatable bonds is 3. The van der Waals surface area contributed by atoms with Crippen LogP contribution in [-0.4, -0.2) is 29.6 Å². The quantitative estimate of drug-likeness (QED) is 0.606. The predicted molar refractivity (Wildman–Crippen MR) is 37.4 cm³/mol. The van der Waals surface area contributed by atoms with Gasteiger partial charge in [-0.2, -0.15) is 5.26 Å². The van der Waals surface area contributed by atoms with E-state index in [1.165, 1.54) is 0 Å². The summed E-state index contributed by atoms with van der Waals surface area (Å²) in [6.07, 6.45) is -0.846. The van der Waals surface area contributed by atoms with Crippen LogP contribution in [0.1, 0.15) is 13.3 Å². The molecule has 0 aliphatic carbocycles. The maximum atomic E-state index is 8.56. The first-order valence-electron chi connectivity index (χ1n) is 3.01. The van der Waals surface area contributed by atoms with Crippen molar-refractivity contribution in [1.29, 1.82) is 5.26 Å². The predicted octanol–water partition coefficient (Wildman–Crippen LogP) is 1.16. The molecule has 2 N–H and O–H groups in total. The second kappa shape index (κ2) is 11.5. The van der Waals surface area contributed by atoms with E-state index >= 15 is 0 Å². The number of carbonyl (C=O) groups is 1. The maximum Gasteiger partial charge on any atom is 0.503 e. The molecule has 0 aromatic rings. The zero-order valence-corrected chi connectivity index (χ0v) is 6.28. The summed E-state index contributed by atoms with van der Waals surface area (Å²) in [5, 5.41) is 21.9. The van der Waals surface area contributed by atoms with E-state index in [0.717, 1.165) is 6.42 Å². The van der Waals surface area contributed by atoms with E-state index in [4.69, 9.17) is 25.0 Å². The van der Waals surface area contributed by atoms with Crippen molar-refractivity contribution in [3.63, 3.8) is 0 Å². The van der Waals surface area contributed by atoms with Gasteiger partial charge in [0.1, 0.15) is 6.61 Å². The molecule has 0 aliphatic heterocycles. The highest BCUT2D eigenvalue weighted by molar-refractivity contribution is 5.53. The summed E-state index contributed by atoms with van der Waals surface area (Å²) < 4.78 is 4.77. The second-order valence-corrected chi connectivity index (χ2v) is 1.49. The number of nitrogens with zero attached hydrogens (tertiary/aromatic N) is 1. The Morgan fingerprint density at radius 1 is 1.64 bits per heavy atom. The number of ether oxygens (including phenoxy) is 1. The first-order chi connectivity index (χ1) is 5.15. The molecule has 0 saturated carbocycles. The van der Waals surface area contributed by atoms with Gasteiger partial charge in [0.2, 0.25) is 0 Å². The molecule has 5 nitrogen and oxygen atoms in total. The molecule has 0 aromatic heterocycles. The molecular weight excluding hydrogens is 150 g/mol. The standard InChI is InChI=1S/C5H9NO.CH2O3/c1-2-4-7-5-3-6;2-1(3)4/h2,4-5H2,1H3;(H2,2,3,4). The Labute approximate surface area is 64.8 Å². The molecule has 0 amide bonds. The number of nitriles is 1. The van der Waals surface area contributed by atoms with Gasteiger partial charge in [0.15, 0.2) is 0 Å². The summed E-state index contributed by atoms with van der Waals surface area (Å²) in [6.45, 7) is 2.94. The molecule has 0 saturated heterocycles. The van der Waals surface area contributed by atoms with Crippen molar-refractivity contribution in [2.75, 3.05) is 13.2 Å². The van der Waals surface area contributed by atoms with Crippen LogP contribution in [0.4, 0.5) is 4.79 Å². The molecule has 0 radical (unpaired) electrons. The van der Waals surface area contributed by atoms with Gasteiger partial charge in [0.05, 0.1) is 6.07 Å². The first-order valence-corrected chi connectivity index (χ1v) is 3.01. The fourth-order valence-corrected chi connectivity index (χ4v) is 0.262. The van der Waals surface area contributed by atoms with Crippen molar-refractivity contribution in [2.45, 2.75) is 13.3 Å². The van der Waals surface area contributed by atoms with Crippen LogP contribution < -0.4 is 0 Å². The third-order valence-corrected chi connectivity index (χ3v) is 0.515. The Bertz CT molecular complexity index is 125. The highest BCUT2D eigenvalue weighted by Gasteiger charge is 1.77. The van der Waals surface area contributed by atoms with E-state index in [9.17, 15) is 0 Å². The van der Waals surface area contributed by atoms with E-state index < -0.39 is 6.16 Å². The summed E-state index contributed by atoms with van der Waals surface area (Å²) >= 11 is 0. The Hall–Kier alpha value is -1.28. The van der Waals surface area contributed by atoms with Gasteiger partial charge < -0.3 is 14.9 Å². The Morgan fingerprint density at radius 2 is 2.09 bits per heavy atom. The lowest BCUT2D eigenvalue weighted by Crippen LogP contribution is -1.90. The van der Waals surface area contributed by atoms with Crippen LogP contribution in [0.2, 0.25) is 0 Å². The van der Waals surface area contributed by atoms with Crippen LogP contribution in [0.15, 0.2) is 0 Å². The topological polar surface area (TPSA) is 90.5 Å². The summed E-state index contributed by atoms with van der Waals surface area (Å²) in [4.78, 5) is 8.56. The highest BCUT2D eigenvalue weighted by atomic mass is 16.6. The van der Waals surface area contributed by atoms with Gasteiger partial charge in [-0.3, -0.25) is 0 Å². The van der Waals surface area contributed by atoms with Crippen LogP contribution >= 0.6 is 0 Å². The van der Waals surface area contributed by atoms with Gasteiger partial charge in [0.25, 0.3) is 0 Å². The third-order valence-electron chi connectivity index (χ3n) is 0.515. The minimum Gasteiger partial charge on any atom is -0.450 e. The van der Waals surface area contributed by atoms with Crippen LogP contribution in [-0.2, 0) is 4.74 Å². The monoisotopic (exact) mass is 161 g/mol. The molecule has 0 atom stereocenters. The van der Waals surface area contributed by atoms with Crippen molar-refractivity contribution in [3.8, 4) is 6.07 Å². The molecule has 0 aliphatic rings. The van der Waals surface area contributed by atoms with Crippen molar-refractivity contribution in [3.05, 3.63) is 0 Å². The molecule has 0 heterocycles. The normalized spacial score (nSPS) is 7.27. The Morgan fingerprint density at radius 3 is 2.36 bits per heavy atom. The number of carboxylic acid groups (broad SMARTS) is 2. The fraction of sp³-hybridized carbons (Fsp3) is 0.667. The molecule has 0 unspecified atom stereocenters. The first kappa shape index (κ1) is 12.4. The van der Waals surface area contributed by atoms with Gasteiger partial charge in [-0.25, -0.2) is 4.79 Å². The van der Waals surface area contributed by atoms with Crippen molar-refractivity contribution in [2.24, 2.45) is 0 Å². The Balaban J connectivity index is 0. The molecular formula is C6H11NO4. The van der Waals surface area contributed by atoms with E-state index in [0.29, 0.717) is 6.61 Å². The molecule has 0 fully saturated rings. The van der Waals surface area contributed by atoms with Crippen LogP contribution in [0.5, 0.6) is 0 Å². The number of hydrogen-bond donors (Lipinski definition) is 2. The van der Waals surface area contributed by atoms with Crippen LogP contribution in [0, 0.1) is 11.3 Å². The van der Waals surface area contributed by atoms with Gasteiger partial charge in [0, 0.05) is 6.61 Å². The molecule has 0 spiro atoms. The van der Waals surface area contributed by atoms with E-state index in [1.54, 1.807) is 0 Å². The zero-order chi connectivity index (χ0) is 9.11. The van der Waals surface area contributed by atoms with Crippen molar-refractivity contribution < 1.29 is 19.7 Å². The maximum absolute atomic E-state index is 8.56. The lowest BCUT2D eigenvalue weighted by Gasteiger charge is -1.89. The second-order valence-electron chi connectivity index (χ2n) is 1.49. The average molecular weight is 161 g/mol. The highest BCUT2D eigenvalue weighted by Crippen LogP contribution is 1.76. The largest absolute Gasteiger partial charge is 0.503 e. The summed E-state index contributed by atoms with van der Waals surface area (Å²) in [5.74, 6) is 0.